The molecule has 1 N–H and O–H groups in total. The summed E-state index contributed by atoms with van der Waals surface area (Å²) in [7, 11) is 4.08. The summed E-state index contributed by atoms with van der Waals surface area (Å²) < 4.78 is 3.25. The SMILES string of the molecule is CC(C)C1CC(=[N+](C)C)C=C(SCC(=O)O)S1.[Br-]. The fraction of sp³-hybridized carbons (Fsp3) is 0.667. The van der Waals surface area contributed by atoms with E-state index >= 15 is 0 Å². The number of carboxylic acids is 1. The molecule has 1 unspecified atom stereocenters. The Morgan fingerprint density at radius 3 is 2.67 bits per heavy atom. The Morgan fingerprint density at radius 2 is 2.22 bits per heavy atom. The molecule has 0 aromatic heterocycles. The van der Waals surface area contributed by atoms with E-state index in [0.717, 1.165) is 10.7 Å². The fourth-order valence-corrected chi connectivity index (χ4v) is 3.85. The maximum absolute atomic E-state index is 10.6. The van der Waals surface area contributed by atoms with Crippen molar-refractivity contribution in [1.82, 2.24) is 0 Å². The van der Waals surface area contributed by atoms with Gasteiger partial charge < -0.3 is 22.1 Å². The normalized spacial score (nSPS) is 19.3. The summed E-state index contributed by atoms with van der Waals surface area (Å²) in [6.07, 6.45) is 3.18. The van der Waals surface area contributed by atoms with E-state index in [1.807, 2.05) is 25.9 Å². The lowest BCUT2D eigenvalue weighted by Crippen LogP contribution is -3.00. The van der Waals surface area contributed by atoms with E-state index in [1.54, 1.807) is 0 Å². The van der Waals surface area contributed by atoms with Crippen molar-refractivity contribution in [2.75, 3.05) is 19.8 Å². The number of thioether (sulfide) groups is 2. The average molecular weight is 354 g/mol. The maximum Gasteiger partial charge on any atom is 0.313 e. The summed E-state index contributed by atoms with van der Waals surface area (Å²) in [4.78, 5) is 10.6. The quantitative estimate of drug-likeness (QED) is 0.693. The van der Waals surface area contributed by atoms with Crippen LogP contribution in [-0.2, 0) is 4.79 Å². The zero-order valence-corrected chi connectivity index (χ0v) is 14.4. The first kappa shape index (κ1) is 18.1. The van der Waals surface area contributed by atoms with Crippen molar-refractivity contribution in [1.29, 1.82) is 0 Å². The van der Waals surface area contributed by atoms with Crippen LogP contribution in [-0.4, -0.2) is 46.5 Å². The van der Waals surface area contributed by atoms with E-state index in [9.17, 15) is 4.79 Å². The molecule has 6 heteroatoms. The molecule has 1 rings (SSSR count). The van der Waals surface area contributed by atoms with Crippen molar-refractivity contribution in [2.24, 2.45) is 5.92 Å². The number of aliphatic carboxylic acids is 1. The highest BCUT2D eigenvalue weighted by Gasteiger charge is 2.26. The van der Waals surface area contributed by atoms with Crippen molar-refractivity contribution in [3.05, 3.63) is 10.3 Å². The minimum absolute atomic E-state index is 0. The molecule has 1 aliphatic heterocycles. The predicted octanol–water partition coefficient (Wildman–Crippen LogP) is -0.476. The minimum atomic E-state index is -0.755. The van der Waals surface area contributed by atoms with Gasteiger partial charge in [-0.15, -0.1) is 23.5 Å². The summed E-state index contributed by atoms with van der Waals surface area (Å²) in [5.41, 5.74) is 1.29. The van der Waals surface area contributed by atoms with Gasteiger partial charge in [0.2, 0.25) is 0 Å². The lowest BCUT2D eigenvalue weighted by molar-refractivity contribution is -0.464. The third kappa shape index (κ3) is 5.80. The van der Waals surface area contributed by atoms with E-state index in [1.165, 1.54) is 17.5 Å². The maximum atomic E-state index is 10.6. The number of rotatable bonds is 4. The van der Waals surface area contributed by atoms with Gasteiger partial charge in [-0.2, -0.15) is 0 Å². The first-order chi connectivity index (χ1) is 7.90. The second-order valence-electron chi connectivity index (χ2n) is 4.64. The van der Waals surface area contributed by atoms with Gasteiger partial charge in [-0.1, -0.05) is 13.8 Å². The number of carboxylic acid groups (broad SMARTS) is 1. The molecule has 1 heterocycles. The molecule has 3 nitrogen and oxygen atoms in total. The summed E-state index contributed by atoms with van der Waals surface area (Å²) in [6.45, 7) is 4.44. The highest BCUT2D eigenvalue weighted by molar-refractivity contribution is 8.22. The Morgan fingerprint density at radius 1 is 1.61 bits per heavy atom. The molecule has 0 aromatic rings. The van der Waals surface area contributed by atoms with E-state index < -0.39 is 5.97 Å². The van der Waals surface area contributed by atoms with Crippen molar-refractivity contribution < 1.29 is 31.5 Å². The van der Waals surface area contributed by atoms with E-state index in [4.69, 9.17) is 5.11 Å². The van der Waals surface area contributed by atoms with Crippen LogP contribution in [0.3, 0.4) is 0 Å². The topological polar surface area (TPSA) is 40.3 Å². The lowest BCUT2D eigenvalue weighted by atomic mass is 10.0. The predicted molar refractivity (Wildman–Crippen MR) is 76.1 cm³/mol. The fourth-order valence-electron chi connectivity index (χ4n) is 1.52. The Bertz CT molecular complexity index is 363. The Labute approximate surface area is 128 Å². The molecule has 1 atom stereocenters. The zero-order chi connectivity index (χ0) is 13.0. The minimum Gasteiger partial charge on any atom is -1.00 e. The standard InChI is InChI=1S/C12H19NO2S2.BrH/c1-8(2)10-5-9(13(3)4)6-12(17-10)16-7-11(14)15;/h6,8,10H,5,7H2,1-4H3;1H. The smallest absolute Gasteiger partial charge is 0.313 e. The molecular weight excluding hydrogens is 334 g/mol. The van der Waals surface area contributed by atoms with Crippen LogP contribution in [0.15, 0.2) is 10.3 Å². The number of hydrogen-bond donors (Lipinski definition) is 1. The number of hydrogen-bond acceptors (Lipinski definition) is 3. The summed E-state index contributed by atoms with van der Waals surface area (Å²) >= 11 is 3.24. The van der Waals surface area contributed by atoms with Crippen molar-refractivity contribution in [2.45, 2.75) is 25.5 Å². The molecule has 0 spiro atoms. The highest BCUT2D eigenvalue weighted by atomic mass is 79.9. The number of nitrogens with zero attached hydrogens (tertiary/aromatic N) is 1. The van der Waals surface area contributed by atoms with Gasteiger partial charge in [0.25, 0.3) is 0 Å². The average Bonchev–Trinajstić information content (AvgIpc) is 2.25. The van der Waals surface area contributed by atoms with Gasteiger partial charge in [-0.25, -0.2) is 4.58 Å². The molecule has 0 saturated heterocycles. The molecule has 18 heavy (non-hydrogen) atoms. The first-order valence-electron chi connectivity index (χ1n) is 5.66. The van der Waals surface area contributed by atoms with Gasteiger partial charge in [0, 0.05) is 22.0 Å². The highest BCUT2D eigenvalue weighted by Crippen LogP contribution is 2.40. The zero-order valence-electron chi connectivity index (χ0n) is 11.1. The largest absolute Gasteiger partial charge is 1.00 e. The second kappa shape index (κ2) is 8.27. The van der Waals surface area contributed by atoms with Gasteiger partial charge in [-0.05, 0) is 5.92 Å². The van der Waals surface area contributed by atoms with Crippen LogP contribution in [0.25, 0.3) is 0 Å². The van der Waals surface area contributed by atoms with Gasteiger partial charge >= 0.3 is 5.97 Å². The van der Waals surface area contributed by atoms with Crippen LogP contribution in [0, 0.1) is 5.92 Å². The molecule has 0 saturated carbocycles. The lowest BCUT2D eigenvalue weighted by Gasteiger charge is -2.24. The Kier molecular flexibility index (Phi) is 8.30. The summed E-state index contributed by atoms with van der Waals surface area (Å²) in [5.74, 6) is -0.0108. The Hall–Kier alpha value is 0.0600. The van der Waals surface area contributed by atoms with Crippen molar-refractivity contribution in [3.63, 3.8) is 0 Å². The third-order valence-corrected chi connectivity index (χ3v) is 5.42. The monoisotopic (exact) mass is 353 g/mol. The van der Waals surface area contributed by atoms with Crippen LogP contribution >= 0.6 is 23.5 Å². The van der Waals surface area contributed by atoms with Gasteiger partial charge in [0.1, 0.15) is 14.1 Å². The number of halogens is 1. The summed E-state index contributed by atoms with van der Waals surface area (Å²) in [5, 5.41) is 9.27. The van der Waals surface area contributed by atoms with E-state index in [-0.39, 0.29) is 22.7 Å². The summed E-state index contributed by atoms with van der Waals surface area (Å²) in [6, 6.07) is 0. The molecule has 0 amide bonds. The second-order valence-corrected chi connectivity index (χ2v) is 7.19. The van der Waals surface area contributed by atoms with Crippen LogP contribution in [0.5, 0.6) is 0 Å². The number of carbonyl (C=O) groups is 1. The first-order valence-corrected chi connectivity index (χ1v) is 7.52. The molecule has 104 valence electrons. The number of allylic oxidation sites excluding steroid dienone is 1. The molecular formula is C12H20BrNO2S2. The van der Waals surface area contributed by atoms with Crippen molar-refractivity contribution in [3.8, 4) is 0 Å². The third-order valence-electron chi connectivity index (χ3n) is 2.62. The van der Waals surface area contributed by atoms with Crippen molar-refractivity contribution >= 4 is 35.2 Å². The molecule has 0 fully saturated rings. The van der Waals surface area contributed by atoms with Crippen LogP contribution in [0.4, 0.5) is 0 Å². The molecule has 1 aliphatic rings. The van der Waals surface area contributed by atoms with Crippen LogP contribution < -0.4 is 17.0 Å². The van der Waals surface area contributed by atoms with E-state index in [2.05, 4.69) is 24.5 Å². The van der Waals surface area contributed by atoms with E-state index in [0.29, 0.717) is 11.2 Å². The molecule has 0 aliphatic carbocycles. The molecule has 0 bridgehead atoms. The van der Waals surface area contributed by atoms with Crippen LogP contribution in [0.2, 0.25) is 0 Å². The molecule has 0 aromatic carbocycles. The molecule has 0 radical (unpaired) electrons. The van der Waals surface area contributed by atoms with Gasteiger partial charge in [0.15, 0.2) is 5.71 Å². The van der Waals surface area contributed by atoms with Gasteiger partial charge in [-0.3, -0.25) is 4.79 Å². The van der Waals surface area contributed by atoms with Gasteiger partial charge in [0.05, 0.1) is 5.75 Å². The van der Waals surface area contributed by atoms with Crippen LogP contribution in [0.1, 0.15) is 20.3 Å². The Balaban J connectivity index is 0.00000289.